The van der Waals surface area contributed by atoms with Crippen molar-refractivity contribution in [3.8, 4) is 0 Å². The second-order valence-electron chi connectivity index (χ2n) is 13.4. The molecule has 220 valence electrons. The molecule has 0 spiro atoms. The first kappa shape index (κ1) is 29.9. The van der Waals surface area contributed by atoms with Gasteiger partial charge in [0.05, 0.1) is 7.11 Å². The third-order valence-corrected chi connectivity index (χ3v) is 11.4. The fourth-order valence-electron chi connectivity index (χ4n) is 9.77. The van der Waals surface area contributed by atoms with Crippen molar-refractivity contribution in [2.45, 2.75) is 118 Å². The molecule has 8 heteroatoms. The monoisotopic (exact) mass is 548 g/mol. The molecular formula is C31H48O8. The van der Waals surface area contributed by atoms with Crippen molar-refractivity contribution >= 4 is 23.9 Å². The van der Waals surface area contributed by atoms with Crippen molar-refractivity contribution in [3.05, 3.63) is 0 Å². The molecule has 0 radical (unpaired) electrons. The van der Waals surface area contributed by atoms with Gasteiger partial charge in [-0.25, -0.2) is 0 Å². The number of hydrogen-bond acceptors (Lipinski definition) is 8. The van der Waals surface area contributed by atoms with Crippen LogP contribution in [-0.4, -0.2) is 49.3 Å². The summed E-state index contributed by atoms with van der Waals surface area (Å²) in [4.78, 5) is 48.5. The summed E-state index contributed by atoms with van der Waals surface area (Å²) in [6.45, 7) is 11.3. The lowest BCUT2D eigenvalue weighted by Crippen LogP contribution is -2.63. The van der Waals surface area contributed by atoms with Crippen LogP contribution in [0.5, 0.6) is 0 Å². The highest BCUT2D eigenvalue weighted by Crippen LogP contribution is 2.69. The highest BCUT2D eigenvalue weighted by atomic mass is 16.6. The standard InChI is InChI=1S/C31H48O8/c1-17(8-11-28(35)36-7)23-9-10-24-29-25(16-27(31(23,24)6)39-20(4)34)30(5)13-12-22(37-18(2)32)14-21(30)15-26(29)38-19(3)33/h17,21-27,29H,8-16H2,1-7H3/t17-,21+,22-,23-,24+,25+,26+,27+,29+,30-,31-/m0/s1. The predicted octanol–water partition coefficient (Wildman–Crippen LogP) is 5.25. The summed E-state index contributed by atoms with van der Waals surface area (Å²) in [6.07, 6.45) is 6.53. The lowest BCUT2D eigenvalue weighted by Gasteiger charge is -2.64. The Labute approximate surface area is 233 Å². The molecule has 39 heavy (non-hydrogen) atoms. The Hall–Kier alpha value is -2.12. The van der Waals surface area contributed by atoms with Crippen LogP contribution in [0.25, 0.3) is 0 Å². The first-order valence-corrected chi connectivity index (χ1v) is 14.9. The number of rotatable bonds is 7. The Morgan fingerprint density at radius 1 is 0.846 bits per heavy atom. The van der Waals surface area contributed by atoms with Gasteiger partial charge in [0.15, 0.2) is 0 Å². The number of hydrogen-bond donors (Lipinski definition) is 0. The van der Waals surface area contributed by atoms with Crippen molar-refractivity contribution in [2.75, 3.05) is 7.11 Å². The van der Waals surface area contributed by atoms with Crippen molar-refractivity contribution in [1.29, 1.82) is 0 Å². The van der Waals surface area contributed by atoms with E-state index in [-0.39, 0.29) is 88.5 Å². The number of methoxy groups -OCH3 is 1. The van der Waals surface area contributed by atoms with Gasteiger partial charge in [-0.05, 0) is 86.4 Å². The number of carbonyl (C=O) groups excluding carboxylic acids is 4. The summed E-state index contributed by atoms with van der Waals surface area (Å²) in [5.74, 6) is 0.438. The van der Waals surface area contributed by atoms with E-state index in [2.05, 4.69) is 20.8 Å². The van der Waals surface area contributed by atoms with Crippen LogP contribution >= 0.6 is 0 Å². The summed E-state index contributed by atoms with van der Waals surface area (Å²) in [5, 5.41) is 0. The summed E-state index contributed by atoms with van der Waals surface area (Å²) in [6, 6.07) is 0. The Morgan fingerprint density at radius 2 is 1.51 bits per heavy atom. The van der Waals surface area contributed by atoms with E-state index in [0.29, 0.717) is 6.42 Å². The third-order valence-electron chi connectivity index (χ3n) is 11.4. The molecule has 0 aliphatic heterocycles. The van der Waals surface area contributed by atoms with Crippen LogP contribution in [0.2, 0.25) is 0 Å². The van der Waals surface area contributed by atoms with Gasteiger partial charge >= 0.3 is 23.9 Å². The van der Waals surface area contributed by atoms with Gasteiger partial charge in [-0.1, -0.05) is 20.8 Å². The molecule has 0 aromatic heterocycles. The quantitative estimate of drug-likeness (QED) is 0.314. The van der Waals surface area contributed by atoms with E-state index in [1.54, 1.807) is 0 Å². The molecule has 0 bridgehead atoms. The highest BCUT2D eigenvalue weighted by molar-refractivity contribution is 5.69. The molecule has 0 heterocycles. The van der Waals surface area contributed by atoms with Gasteiger partial charge in [0, 0.05) is 38.5 Å². The maximum Gasteiger partial charge on any atom is 0.305 e. The van der Waals surface area contributed by atoms with Gasteiger partial charge < -0.3 is 18.9 Å². The maximum atomic E-state index is 12.5. The minimum atomic E-state index is -0.279. The Kier molecular flexibility index (Phi) is 8.73. The van der Waals surface area contributed by atoms with Crippen molar-refractivity contribution in [3.63, 3.8) is 0 Å². The first-order chi connectivity index (χ1) is 18.3. The van der Waals surface area contributed by atoms with Gasteiger partial charge in [0.1, 0.15) is 18.3 Å². The van der Waals surface area contributed by atoms with E-state index in [9.17, 15) is 19.2 Å². The second kappa shape index (κ2) is 11.4. The minimum Gasteiger partial charge on any atom is -0.469 e. The number of carbonyl (C=O) groups is 4. The Balaban J connectivity index is 1.70. The average Bonchev–Trinajstić information content (AvgIpc) is 3.20. The van der Waals surface area contributed by atoms with Crippen LogP contribution < -0.4 is 0 Å². The summed E-state index contributed by atoms with van der Waals surface area (Å²) < 4.78 is 22.8. The average molecular weight is 549 g/mol. The third kappa shape index (κ3) is 5.58. The number of ether oxygens (including phenoxy) is 4. The molecule has 4 aliphatic carbocycles. The largest absolute Gasteiger partial charge is 0.469 e. The summed E-state index contributed by atoms with van der Waals surface area (Å²) in [7, 11) is 1.42. The molecule has 0 aromatic rings. The smallest absolute Gasteiger partial charge is 0.305 e. The van der Waals surface area contributed by atoms with Crippen LogP contribution in [0.3, 0.4) is 0 Å². The molecular weight excluding hydrogens is 500 g/mol. The van der Waals surface area contributed by atoms with Crippen molar-refractivity contribution in [1.82, 2.24) is 0 Å². The molecule has 4 rings (SSSR count). The van der Waals surface area contributed by atoms with Gasteiger partial charge in [0.25, 0.3) is 0 Å². The molecule has 8 nitrogen and oxygen atoms in total. The SMILES string of the molecule is COC(=O)CC[C@H](C)[C@@H]1CC[C@@H]2[C@@H]3[C@@H](C[C@@H](OC(C)=O)[C@]21C)[C@@]1(C)CC[C@H](OC(C)=O)C[C@@H]1C[C@H]3OC(C)=O. The van der Waals surface area contributed by atoms with Gasteiger partial charge in [-0.3, -0.25) is 19.2 Å². The molecule has 0 amide bonds. The van der Waals surface area contributed by atoms with E-state index < -0.39 is 0 Å². The van der Waals surface area contributed by atoms with Crippen LogP contribution in [0.4, 0.5) is 0 Å². The maximum absolute atomic E-state index is 12.5. The van der Waals surface area contributed by atoms with Gasteiger partial charge in [-0.2, -0.15) is 0 Å². The molecule has 0 unspecified atom stereocenters. The van der Waals surface area contributed by atoms with E-state index in [0.717, 1.165) is 51.4 Å². The fraction of sp³-hybridized carbons (Fsp3) is 0.871. The molecule has 0 N–H and O–H groups in total. The minimum absolute atomic E-state index is 0.0215. The molecule has 11 atom stereocenters. The van der Waals surface area contributed by atoms with E-state index in [1.165, 1.54) is 27.9 Å². The molecule has 0 saturated heterocycles. The zero-order chi connectivity index (χ0) is 28.7. The lowest BCUT2D eigenvalue weighted by molar-refractivity contribution is -0.224. The molecule has 0 aromatic carbocycles. The van der Waals surface area contributed by atoms with E-state index in [1.807, 2.05) is 0 Å². The first-order valence-electron chi connectivity index (χ1n) is 14.9. The van der Waals surface area contributed by atoms with Gasteiger partial charge in [-0.15, -0.1) is 0 Å². The molecule has 4 saturated carbocycles. The predicted molar refractivity (Wildman–Crippen MR) is 143 cm³/mol. The van der Waals surface area contributed by atoms with Crippen molar-refractivity contribution < 1.29 is 38.1 Å². The number of fused-ring (bicyclic) bond motifs is 5. The Bertz CT molecular complexity index is 962. The fourth-order valence-corrected chi connectivity index (χ4v) is 9.77. The number of esters is 4. The van der Waals surface area contributed by atoms with Gasteiger partial charge in [0.2, 0.25) is 0 Å². The Morgan fingerprint density at radius 3 is 2.13 bits per heavy atom. The van der Waals surface area contributed by atoms with E-state index in [4.69, 9.17) is 18.9 Å². The normalized spacial score (nSPS) is 41.7. The van der Waals surface area contributed by atoms with Crippen LogP contribution in [0, 0.1) is 46.3 Å². The molecule has 4 aliphatic rings. The summed E-state index contributed by atoms with van der Waals surface area (Å²) >= 11 is 0. The van der Waals surface area contributed by atoms with Crippen molar-refractivity contribution in [2.24, 2.45) is 46.3 Å². The zero-order valence-corrected chi connectivity index (χ0v) is 24.8. The topological polar surface area (TPSA) is 105 Å². The highest BCUT2D eigenvalue weighted by Gasteiger charge is 2.67. The van der Waals surface area contributed by atoms with Crippen LogP contribution in [-0.2, 0) is 38.1 Å². The second-order valence-corrected chi connectivity index (χ2v) is 13.4. The zero-order valence-electron chi connectivity index (χ0n) is 24.8. The summed E-state index contributed by atoms with van der Waals surface area (Å²) in [5.41, 5.74) is -0.300. The lowest BCUT2D eigenvalue weighted by atomic mass is 9.43. The van der Waals surface area contributed by atoms with E-state index >= 15 is 0 Å². The van der Waals surface area contributed by atoms with Crippen LogP contribution in [0.15, 0.2) is 0 Å². The van der Waals surface area contributed by atoms with Crippen LogP contribution in [0.1, 0.15) is 99.3 Å². The molecule has 4 fully saturated rings.